The molecule has 7 heteroatoms. The monoisotopic (exact) mass is 354 g/mol. The molecule has 1 N–H and O–H groups in total. The molecule has 0 bridgehead atoms. The van der Waals surface area contributed by atoms with Gasteiger partial charge in [0.15, 0.2) is 0 Å². The number of nitrogens with zero attached hydrogens (tertiary/aromatic N) is 1. The van der Waals surface area contributed by atoms with Gasteiger partial charge in [-0.3, -0.25) is 4.79 Å². The minimum atomic E-state index is -2.91. The number of benzene rings is 1. The van der Waals surface area contributed by atoms with Crippen LogP contribution >= 0.6 is 11.3 Å². The minimum absolute atomic E-state index is 0.0457. The zero-order valence-electron chi connectivity index (χ0n) is 14.0. The van der Waals surface area contributed by atoms with E-state index in [1.165, 1.54) is 17.4 Å². The van der Waals surface area contributed by atoms with Crippen LogP contribution in [0.25, 0.3) is 0 Å². The van der Waals surface area contributed by atoms with Crippen molar-refractivity contribution in [2.45, 2.75) is 40.7 Å². The molecule has 0 aliphatic heterocycles. The van der Waals surface area contributed by atoms with Crippen LogP contribution in [-0.4, -0.2) is 17.5 Å². The molecule has 1 amide bonds. The van der Waals surface area contributed by atoms with E-state index in [9.17, 15) is 13.6 Å². The molecule has 0 aliphatic carbocycles. The van der Waals surface area contributed by atoms with Crippen LogP contribution in [0.3, 0.4) is 0 Å². The number of nitrogens with one attached hydrogen (secondary N) is 1. The number of aryl methyl sites for hydroxylation is 1. The fourth-order valence-corrected chi connectivity index (χ4v) is 3.42. The molecular formula is C17H20F2N2O2S. The van der Waals surface area contributed by atoms with E-state index in [1.54, 1.807) is 26.0 Å². The highest BCUT2D eigenvalue weighted by atomic mass is 32.1. The third-order valence-electron chi connectivity index (χ3n) is 3.38. The number of hydrogen-bond donors (Lipinski definition) is 1. The summed E-state index contributed by atoms with van der Waals surface area (Å²) >= 11 is 1.36. The quantitative estimate of drug-likeness (QED) is 0.810. The molecule has 4 nitrogen and oxygen atoms in total. The summed E-state index contributed by atoms with van der Waals surface area (Å²) < 4.78 is 29.3. The SMILES string of the molecule is Cc1nc(CC(C)C)sc1C(=O)Nc1cccc(OC(F)F)c1C. The molecule has 1 heterocycles. The van der Waals surface area contributed by atoms with Gasteiger partial charge in [0.25, 0.3) is 5.91 Å². The summed E-state index contributed by atoms with van der Waals surface area (Å²) in [7, 11) is 0. The summed E-state index contributed by atoms with van der Waals surface area (Å²) in [5.74, 6) is 0.207. The van der Waals surface area contributed by atoms with Gasteiger partial charge >= 0.3 is 6.61 Å². The smallest absolute Gasteiger partial charge is 0.387 e. The summed E-state index contributed by atoms with van der Waals surface area (Å²) in [6, 6.07) is 4.65. The highest BCUT2D eigenvalue weighted by Gasteiger charge is 2.18. The topological polar surface area (TPSA) is 51.2 Å². The average molecular weight is 354 g/mol. The molecule has 1 aromatic heterocycles. The van der Waals surface area contributed by atoms with Gasteiger partial charge in [-0.1, -0.05) is 19.9 Å². The van der Waals surface area contributed by atoms with E-state index < -0.39 is 6.61 Å². The molecule has 24 heavy (non-hydrogen) atoms. The second-order valence-corrected chi connectivity index (χ2v) is 6.97. The lowest BCUT2D eigenvalue weighted by Crippen LogP contribution is -2.13. The maximum atomic E-state index is 12.5. The number of thiazole rings is 1. The van der Waals surface area contributed by atoms with Gasteiger partial charge in [-0.05, 0) is 31.9 Å². The van der Waals surface area contributed by atoms with Gasteiger partial charge in [0.2, 0.25) is 0 Å². The molecule has 1 aromatic carbocycles. The molecule has 0 spiro atoms. The predicted molar refractivity (Wildman–Crippen MR) is 91.2 cm³/mol. The first-order valence-electron chi connectivity index (χ1n) is 7.60. The average Bonchev–Trinajstić information content (AvgIpc) is 2.82. The summed E-state index contributed by atoms with van der Waals surface area (Å²) in [5, 5.41) is 3.67. The van der Waals surface area contributed by atoms with Crippen molar-refractivity contribution in [2.24, 2.45) is 5.92 Å². The number of carbonyl (C=O) groups excluding carboxylic acids is 1. The number of ether oxygens (including phenoxy) is 1. The Morgan fingerprint density at radius 3 is 2.67 bits per heavy atom. The minimum Gasteiger partial charge on any atom is -0.434 e. The van der Waals surface area contributed by atoms with E-state index in [0.29, 0.717) is 27.7 Å². The Morgan fingerprint density at radius 1 is 1.33 bits per heavy atom. The molecule has 0 saturated carbocycles. The van der Waals surface area contributed by atoms with E-state index in [-0.39, 0.29) is 11.7 Å². The zero-order chi connectivity index (χ0) is 17.9. The second kappa shape index (κ2) is 7.70. The lowest BCUT2D eigenvalue weighted by Gasteiger charge is -2.12. The Balaban J connectivity index is 2.19. The highest BCUT2D eigenvalue weighted by molar-refractivity contribution is 7.13. The third kappa shape index (κ3) is 4.50. The predicted octanol–water partition coefficient (Wildman–Crippen LogP) is 4.81. The van der Waals surface area contributed by atoms with Gasteiger partial charge in [0.1, 0.15) is 10.6 Å². The van der Waals surface area contributed by atoms with Gasteiger partial charge in [0, 0.05) is 17.7 Å². The van der Waals surface area contributed by atoms with E-state index in [4.69, 9.17) is 0 Å². The molecule has 2 aromatic rings. The second-order valence-electron chi connectivity index (χ2n) is 5.88. The van der Waals surface area contributed by atoms with Crippen molar-refractivity contribution in [2.75, 3.05) is 5.32 Å². The zero-order valence-corrected chi connectivity index (χ0v) is 14.8. The molecule has 130 valence electrons. The molecule has 0 unspecified atom stereocenters. The normalized spacial score (nSPS) is 11.2. The Bertz CT molecular complexity index is 729. The van der Waals surface area contributed by atoms with Crippen LogP contribution < -0.4 is 10.1 Å². The number of carbonyl (C=O) groups is 1. The van der Waals surface area contributed by atoms with Gasteiger partial charge in [0.05, 0.1) is 10.7 Å². The van der Waals surface area contributed by atoms with Crippen LogP contribution in [0.4, 0.5) is 14.5 Å². The van der Waals surface area contributed by atoms with Crippen LogP contribution in [0.15, 0.2) is 18.2 Å². The number of aromatic nitrogens is 1. The molecule has 0 radical (unpaired) electrons. The fraction of sp³-hybridized carbons (Fsp3) is 0.412. The number of alkyl halides is 2. The highest BCUT2D eigenvalue weighted by Crippen LogP contribution is 2.28. The summed E-state index contributed by atoms with van der Waals surface area (Å²) in [4.78, 5) is 17.4. The van der Waals surface area contributed by atoms with E-state index >= 15 is 0 Å². The molecular weight excluding hydrogens is 334 g/mol. The van der Waals surface area contributed by atoms with Gasteiger partial charge < -0.3 is 10.1 Å². The van der Waals surface area contributed by atoms with Crippen LogP contribution in [0.1, 0.15) is 39.8 Å². The molecule has 0 atom stereocenters. The summed E-state index contributed by atoms with van der Waals surface area (Å²) in [6.45, 7) is 4.69. The molecule has 2 rings (SSSR count). The van der Waals surface area contributed by atoms with Crippen molar-refractivity contribution in [3.63, 3.8) is 0 Å². The van der Waals surface area contributed by atoms with Crippen LogP contribution in [0, 0.1) is 19.8 Å². The Kier molecular flexibility index (Phi) is 5.88. The largest absolute Gasteiger partial charge is 0.434 e. The number of halogens is 2. The van der Waals surface area contributed by atoms with Gasteiger partial charge in [-0.25, -0.2) is 4.98 Å². The van der Waals surface area contributed by atoms with E-state index in [1.807, 2.05) is 0 Å². The summed E-state index contributed by atoms with van der Waals surface area (Å²) in [5.41, 5.74) is 1.57. The third-order valence-corrected chi connectivity index (χ3v) is 4.56. The standard InChI is InChI=1S/C17H20F2N2O2S/c1-9(2)8-14-20-11(4)15(24-14)16(22)21-12-6-5-7-13(10(12)3)23-17(18)19/h5-7,9,17H,8H2,1-4H3,(H,21,22). The molecule has 0 aliphatic rings. The van der Waals surface area contributed by atoms with Crippen LogP contribution in [0.5, 0.6) is 5.75 Å². The van der Waals surface area contributed by atoms with Gasteiger partial charge in [-0.2, -0.15) is 8.78 Å². The fourth-order valence-electron chi connectivity index (χ4n) is 2.25. The van der Waals surface area contributed by atoms with Crippen molar-refractivity contribution >= 4 is 22.9 Å². The maximum Gasteiger partial charge on any atom is 0.387 e. The van der Waals surface area contributed by atoms with Crippen molar-refractivity contribution in [3.8, 4) is 5.75 Å². The number of rotatable bonds is 6. The molecule has 0 fully saturated rings. The lowest BCUT2D eigenvalue weighted by atomic mass is 10.1. The van der Waals surface area contributed by atoms with Crippen molar-refractivity contribution < 1.29 is 18.3 Å². The van der Waals surface area contributed by atoms with E-state index in [0.717, 1.165) is 11.4 Å². The van der Waals surface area contributed by atoms with Crippen molar-refractivity contribution in [1.29, 1.82) is 0 Å². The molecule has 0 saturated heterocycles. The van der Waals surface area contributed by atoms with Crippen molar-refractivity contribution in [1.82, 2.24) is 4.98 Å². The Hall–Kier alpha value is -2.02. The van der Waals surface area contributed by atoms with E-state index in [2.05, 4.69) is 28.9 Å². The number of amides is 1. The maximum absolute atomic E-state index is 12.5. The van der Waals surface area contributed by atoms with Crippen molar-refractivity contribution in [3.05, 3.63) is 39.3 Å². The number of hydrogen-bond acceptors (Lipinski definition) is 4. The lowest BCUT2D eigenvalue weighted by molar-refractivity contribution is -0.0502. The first-order valence-corrected chi connectivity index (χ1v) is 8.41. The van der Waals surface area contributed by atoms with Crippen LogP contribution in [0.2, 0.25) is 0 Å². The first kappa shape index (κ1) is 18.3. The summed E-state index contributed by atoms with van der Waals surface area (Å²) in [6.07, 6.45) is 0.815. The Labute approximate surface area is 143 Å². The number of anilines is 1. The first-order chi connectivity index (χ1) is 11.3. The van der Waals surface area contributed by atoms with Gasteiger partial charge in [-0.15, -0.1) is 11.3 Å². The Morgan fingerprint density at radius 2 is 2.04 bits per heavy atom. The van der Waals surface area contributed by atoms with Crippen LogP contribution in [-0.2, 0) is 6.42 Å².